The van der Waals surface area contributed by atoms with Crippen LogP contribution in [0.2, 0.25) is 0 Å². The van der Waals surface area contributed by atoms with Crippen LogP contribution in [0.1, 0.15) is 40.2 Å². The van der Waals surface area contributed by atoms with Gasteiger partial charge in [0.2, 0.25) is 0 Å². The number of aliphatic hydroxyl groups is 1. The van der Waals surface area contributed by atoms with Crippen LogP contribution in [0.3, 0.4) is 0 Å². The molecule has 0 saturated carbocycles. The summed E-state index contributed by atoms with van der Waals surface area (Å²) < 4.78 is 11.0. The van der Waals surface area contributed by atoms with Crippen LogP contribution in [-0.2, 0) is 11.3 Å². The minimum atomic E-state index is -0.633. The van der Waals surface area contributed by atoms with E-state index < -0.39 is 17.8 Å². The predicted molar refractivity (Wildman–Crippen MR) is 85.9 cm³/mol. The highest BCUT2D eigenvalue weighted by atomic mass is 16.6. The highest BCUT2D eigenvalue weighted by Gasteiger charge is 2.24. The van der Waals surface area contributed by atoms with E-state index >= 15 is 0 Å². The van der Waals surface area contributed by atoms with Gasteiger partial charge in [-0.05, 0) is 40.7 Å². The molecular formula is C17H27NO4. The number of carbonyl (C=O) groups excluding carboxylic acids is 1. The topological polar surface area (TPSA) is 59.0 Å². The van der Waals surface area contributed by atoms with Gasteiger partial charge in [0.25, 0.3) is 0 Å². The molecule has 22 heavy (non-hydrogen) atoms. The first kappa shape index (κ1) is 18.3. The summed E-state index contributed by atoms with van der Waals surface area (Å²) in [4.78, 5) is 13.8. The molecule has 1 unspecified atom stereocenters. The normalized spacial score (nSPS) is 12.6. The number of amides is 1. The van der Waals surface area contributed by atoms with Crippen LogP contribution in [0.15, 0.2) is 24.3 Å². The van der Waals surface area contributed by atoms with Gasteiger partial charge in [0.15, 0.2) is 0 Å². The first-order valence-corrected chi connectivity index (χ1v) is 7.59. The molecule has 5 nitrogen and oxygen atoms in total. The second kappa shape index (κ2) is 8.03. The zero-order chi connectivity index (χ0) is 16.8. The Morgan fingerprint density at radius 1 is 1.32 bits per heavy atom. The van der Waals surface area contributed by atoms with Crippen LogP contribution in [0.5, 0.6) is 5.75 Å². The zero-order valence-corrected chi connectivity index (χ0v) is 14.1. The van der Waals surface area contributed by atoms with Gasteiger partial charge in [-0.15, -0.1) is 0 Å². The Morgan fingerprint density at radius 3 is 2.50 bits per heavy atom. The number of para-hydroxylation sites is 1. The van der Waals surface area contributed by atoms with E-state index in [1.807, 2.05) is 52.0 Å². The lowest BCUT2D eigenvalue weighted by atomic mass is 10.2. The molecule has 0 aliphatic heterocycles. The van der Waals surface area contributed by atoms with Gasteiger partial charge in [-0.25, -0.2) is 4.79 Å². The van der Waals surface area contributed by atoms with Crippen LogP contribution in [0, 0.1) is 0 Å². The van der Waals surface area contributed by atoms with Crippen molar-refractivity contribution in [1.82, 2.24) is 4.90 Å². The van der Waals surface area contributed by atoms with Crippen LogP contribution >= 0.6 is 0 Å². The van der Waals surface area contributed by atoms with Crippen molar-refractivity contribution in [2.45, 2.75) is 52.9 Å². The molecule has 0 heterocycles. The van der Waals surface area contributed by atoms with Crippen molar-refractivity contribution < 1.29 is 19.4 Å². The standard InChI is InChI=1S/C17H27NO4/c1-6-21-15-10-8-7-9-14(15)12-18(11-13(2)19)16(20)22-17(3,4)5/h7-10,13,19H,6,11-12H2,1-5H3. The van der Waals surface area contributed by atoms with Gasteiger partial charge in [-0.2, -0.15) is 0 Å². The first-order valence-electron chi connectivity index (χ1n) is 7.59. The van der Waals surface area contributed by atoms with Gasteiger partial charge in [0.05, 0.1) is 25.8 Å². The molecule has 0 saturated heterocycles. The Balaban J connectivity index is 2.92. The minimum absolute atomic E-state index is 0.204. The monoisotopic (exact) mass is 309 g/mol. The van der Waals surface area contributed by atoms with Crippen molar-refractivity contribution in [2.24, 2.45) is 0 Å². The number of benzene rings is 1. The van der Waals surface area contributed by atoms with Crippen LogP contribution in [0.4, 0.5) is 4.79 Å². The van der Waals surface area contributed by atoms with Crippen molar-refractivity contribution in [3.05, 3.63) is 29.8 Å². The third-order valence-electron chi connectivity index (χ3n) is 2.77. The lowest BCUT2D eigenvalue weighted by Crippen LogP contribution is -2.40. The van der Waals surface area contributed by atoms with E-state index in [2.05, 4.69) is 0 Å². The maximum Gasteiger partial charge on any atom is 0.410 e. The lowest BCUT2D eigenvalue weighted by molar-refractivity contribution is 0.0141. The van der Waals surface area contributed by atoms with Gasteiger partial charge in [-0.1, -0.05) is 18.2 Å². The van der Waals surface area contributed by atoms with Gasteiger partial charge >= 0.3 is 6.09 Å². The van der Waals surface area contributed by atoms with Crippen molar-refractivity contribution in [1.29, 1.82) is 0 Å². The molecule has 1 rings (SSSR count). The van der Waals surface area contributed by atoms with Gasteiger partial charge < -0.3 is 19.5 Å². The molecular weight excluding hydrogens is 282 g/mol. The predicted octanol–water partition coefficient (Wildman–Crippen LogP) is 3.20. The first-order chi connectivity index (χ1) is 10.2. The fourth-order valence-electron chi connectivity index (χ4n) is 1.99. The fraction of sp³-hybridized carbons (Fsp3) is 0.588. The molecule has 1 aromatic carbocycles. The summed E-state index contributed by atoms with van der Waals surface area (Å²) >= 11 is 0. The smallest absolute Gasteiger partial charge is 0.410 e. The average Bonchev–Trinajstić information content (AvgIpc) is 2.38. The molecule has 0 aliphatic rings. The second-order valence-electron chi connectivity index (χ2n) is 6.25. The summed E-state index contributed by atoms with van der Waals surface area (Å²) in [5.74, 6) is 0.740. The van der Waals surface area contributed by atoms with Crippen LogP contribution in [-0.4, -0.2) is 41.0 Å². The van der Waals surface area contributed by atoms with E-state index in [9.17, 15) is 9.90 Å². The molecule has 5 heteroatoms. The number of carbonyl (C=O) groups is 1. The van der Waals surface area contributed by atoms with E-state index in [-0.39, 0.29) is 6.54 Å². The fourth-order valence-corrected chi connectivity index (χ4v) is 1.99. The maximum atomic E-state index is 12.3. The number of nitrogens with zero attached hydrogens (tertiary/aromatic N) is 1. The number of aliphatic hydroxyl groups excluding tert-OH is 1. The molecule has 0 radical (unpaired) electrons. The van der Waals surface area contributed by atoms with Gasteiger partial charge in [0.1, 0.15) is 11.4 Å². The quantitative estimate of drug-likeness (QED) is 0.876. The van der Waals surface area contributed by atoms with E-state index in [4.69, 9.17) is 9.47 Å². The van der Waals surface area contributed by atoms with Crippen molar-refractivity contribution in [3.63, 3.8) is 0 Å². The molecule has 0 bridgehead atoms. The summed E-state index contributed by atoms with van der Waals surface area (Å²) in [6.07, 6.45) is -1.08. The summed E-state index contributed by atoms with van der Waals surface area (Å²) in [5, 5.41) is 9.64. The molecule has 0 aliphatic carbocycles. The number of hydrogen-bond acceptors (Lipinski definition) is 4. The molecule has 0 aromatic heterocycles. The van der Waals surface area contributed by atoms with E-state index in [1.165, 1.54) is 4.90 Å². The van der Waals surface area contributed by atoms with E-state index in [0.29, 0.717) is 13.2 Å². The van der Waals surface area contributed by atoms with Crippen molar-refractivity contribution >= 4 is 6.09 Å². The minimum Gasteiger partial charge on any atom is -0.494 e. The lowest BCUT2D eigenvalue weighted by Gasteiger charge is -2.28. The zero-order valence-electron chi connectivity index (χ0n) is 14.1. The Hall–Kier alpha value is -1.75. The second-order valence-corrected chi connectivity index (χ2v) is 6.25. The summed E-state index contributed by atoms with van der Waals surface area (Å²) in [6.45, 7) is 10.1. The van der Waals surface area contributed by atoms with E-state index in [1.54, 1.807) is 6.92 Å². The Labute approximate surface area is 132 Å². The maximum absolute atomic E-state index is 12.3. The summed E-state index contributed by atoms with van der Waals surface area (Å²) in [5.41, 5.74) is 0.309. The van der Waals surface area contributed by atoms with Crippen LogP contribution in [0.25, 0.3) is 0 Å². The molecule has 1 N–H and O–H groups in total. The van der Waals surface area contributed by atoms with E-state index in [0.717, 1.165) is 11.3 Å². The SMILES string of the molecule is CCOc1ccccc1CN(CC(C)O)C(=O)OC(C)(C)C. The molecule has 0 spiro atoms. The molecule has 1 amide bonds. The Morgan fingerprint density at radius 2 is 1.95 bits per heavy atom. The number of ether oxygens (including phenoxy) is 2. The molecule has 1 aromatic rings. The molecule has 1 atom stereocenters. The molecule has 0 fully saturated rings. The largest absolute Gasteiger partial charge is 0.494 e. The van der Waals surface area contributed by atoms with Gasteiger partial charge in [-0.3, -0.25) is 0 Å². The van der Waals surface area contributed by atoms with Crippen molar-refractivity contribution in [2.75, 3.05) is 13.2 Å². The number of hydrogen-bond donors (Lipinski definition) is 1. The molecule has 124 valence electrons. The number of rotatable bonds is 6. The summed E-state index contributed by atoms with van der Waals surface area (Å²) in [6, 6.07) is 7.56. The Bertz CT molecular complexity index is 480. The summed E-state index contributed by atoms with van der Waals surface area (Å²) in [7, 11) is 0. The third kappa shape index (κ3) is 6.35. The third-order valence-corrected chi connectivity index (χ3v) is 2.77. The Kier molecular flexibility index (Phi) is 6.68. The van der Waals surface area contributed by atoms with Gasteiger partial charge in [0, 0.05) is 5.56 Å². The van der Waals surface area contributed by atoms with Crippen molar-refractivity contribution in [3.8, 4) is 5.75 Å². The average molecular weight is 309 g/mol. The highest BCUT2D eigenvalue weighted by Crippen LogP contribution is 2.21. The highest BCUT2D eigenvalue weighted by molar-refractivity contribution is 5.68. The van der Waals surface area contributed by atoms with Crippen LogP contribution < -0.4 is 4.74 Å².